The van der Waals surface area contributed by atoms with Crippen LogP contribution in [0, 0.1) is 11.3 Å². The van der Waals surface area contributed by atoms with Crippen molar-refractivity contribution in [3.05, 3.63) is 71.9 Å². The fraction of sp³-hybridized carbons (Fsp3) is 0.143. The minimum Gasteiger partial charge on any atom is -0.383 e. The van der Waals surface area contributed by atoms with Crippen LogP contribution in [0.4, 0.5) is 5.82 Å². The number of nitriles is 1. The molecule has 0 aliphatic rings. The lowest BCUT2D eigenvalue weighted by atomic mass is 9.91. The molecule has 0 fully saturated rings. The van der Waals surface area contributed by atoms with Gasteiger partial charge in [-0.25, -0.2) is 4.98 Å². The number of benzene rings is 2. The van der Waals surface area contributed by atoms with Crippen molar-refractivity contribution in [2.45, 2.75) is 19.8 Å². The average molecular weight is 313 g/mol. The SMILES string of the molecule is CC(C)c1ccc(-c2c(-c3ccccc3)cnc(N)c2C#N)cc1. The monoisotopic (exact) mass is 313 g/mol. The van der Waals surface area contributed by atoms with Gasteiger partial charge in [-0.1, -0.05) is 68.4 Å². The zero-order valence-corrected chi connectivity index (χ0v) is 13.8. The summed E-state index contributed by atoms with van der Waals surface area (Å²) < 4.78 is 0. The Morgan fingerprint density at radius 3 is 2.21 bits per heavy atom. The molecule has 0 atom stereocenters. The van der Waals surface area contributed by atoms with E-state index < -0.39 is 0 Å². The van der Waals surface area contributed by atoms with E-state index in [4.69, 9.17) is 5.73 Å². The highest BCUT2D eigenvalue weighted by molar-refractivity contribution is 5.89. The molecular weight excluding hydrogens is 294 g/mol. The van der Waals surface area contributed by atoms with Crippen LogP contribution in [-0.4, -0.2) is 4.98 Å². The second-order valence-corrected chi connectivity index (χ2v) is 6.06. The normalized spacial score (nSPS) is 10.6. The van der Waals surface area contributed by atoms with E-state index in [-0.39, 0.29) is 5.82 Å². The van der Waals surface area contributed by atoms with Crippen LogP contribution >= 0.6 is 0 Å². The maximum atomic E-state index is 9.60. The molecule has 0 unspecified atom stereocenters. The maximum absolute atomic E-state index is 9.60. The fourth-order valence-electron chi connectivity index (χ4n) is 2.81. The second kappa shape index (κ2) is 6.55. The molecule has 3 heteroatoms. The largest absolute Gasteiger partial charge is 0.383 e. The van der Waals surface area contributed by atoms with E-state index in [0.717, 1.165) is 22.3 Å². The van der Waals surface area contributed by atoms with Gasteiger partial charge in [-0.3, -0.25) is 0 Å². The van der Waals surface area contributed by atoms with Crippen LogP contribution in [0.2, 0.25) is 0 Å². The first-order valence-corrected chi connectivity index (χ1v) is 7.96. The van der Waals surface area contributed by atoms with Gasteiger partial charge in [0.2, 0.25) is 0 Å². The molecule has 0 aliphatic carbocycles. The van der Waals surface area contributed by atoms with E-state index >= 15 is 0 Å². The van der Waals surface area contributed by atoms with Gasteiger partial charge in [0.05, 0.1) is 0 Å². The van der Waals surface area contributed by atoms with Gasteiger partial charge in [0.1, 0.15) is 17.5 Å². The zero-order chi connectivity index (χ0) is 17.1. The predicted octanol–water partition coefficient (Wildman–Crippen LogP) is 4.99. The van der Waals surface area contributed by atoms with Crippen LogP contribution in [0.3, 0.4) is 0 Å². The standard InChI is InChI=1S/C21H19N3/c1-14(2)15-8-10-17(11-9-15)20-18(12-22)21(23)24-13-19(20)16-6-4-3-5-7-16/h3-11,13-14H,1-2H3,(H2,23,24). The van der Waals surface area contributed by atoms with Gasteiger partial charge in [0.25, 0.3) is 0 Å². The quantitative estimate of drug-likeness (QED) is 0.740. The number of aromatic nitrogens is 1. The minimum atomic E-state index is 0.264. The Bertz CT molecular complexity index is 889. The molecule has 1 aromatic heterocycles. The number of nitrogen functional groups attached to an aromatic ring is 1. The highest BCUT2D eigenvalue weighted by Crippen LogP contribution is 2.36. The zero-order valence-electron chi connectivity index (χ0n) is 13.8. The van der Waals surface area contributed by atoms with Gasteiger partial charge < -0.3 is 5.73 Å². The number of hydrogen-bond donors (Lipinski definition) is 1. The Morgan fingerprint density at radius 1 is 0.958 bits per heavy atom. The van der Waals surface area contributed by atoms with Crippen molar-refractivity contribution >= 4 is 5.82 Å². The van der Waals surface area contributed by atoms with Gasteiger partial charge >= 0.3 is 0 Å². The number of hydrogen-bond acceptors (Lipinski definition) is 3. The van der Waals surface area contributed by atoms with E-state index in [9.17, 15) is 5.26 Å². The lowest BCUT2D eigenvalue weighted by molar-refractivity contribution is 0.867. The molecule has 0 saturated heterocycles. The summed E-state index contributed by atoms with van der Waals surface area (Å²) in [4.78, 5) is 4.21. The van der Waals surface area contributed by atoms with Crippen molar-refractivity contribution in [1.29, 1.82) is 5.26 Å². The molecule has 3 rings (SSSR count). The van der Waals surface area contributed by atoms with E-state index in [1.165, 1.54) is 5.56 Å². The summed E-state index contributed by atoms with van der Waals surface area (Å²) in [5.41, 5.74) is 11.4. The number of pyridine rings is 1. The number of rotatable bonds is 3. The Kier molecular flexibility index (Phi) is 4.31. The highest BCUT2D eigenvalue weighted by atomic mass is 14.8. The van der Waals surface area contributed by atoms with Crippen molar-refractivity contribution < 1.29 is 0 Å². The summed E-state index contributed by atoms with van der Waals surface area (Å²) in [6.45, 7) is 4.32. The lowest BCUT2D eigenvalue weighted by Crippen LogP contribution is -2.00. The number of nitrogens with zero attached hydrogens (tertiary/aromatic N) is 2. The molecule has 0 radical (unpaired) electrons. The highest BCUT2D eigenvalue weighted by Gasteiger charge is 2.16. The molecule has 0 bridgehead atoms. The predicted molar refractivity (Wildman–Crippen MR) is 98.3 cm³/mol. The van der Waals surface area contributed by atoms with Crippen molar-refractivity contribution in [1.82, 2.24) is 4.98 Å². The van der Waals surface area contributed by atoms with Gasteiger partial charge in [0, 0.05) is 17.3 Å². The molecule has 2 aromatic carbocycles. The van der Waals surface area contributed by atoms with Gasteiger partial charge in [-0.2, -0.15) is 5.26 Å². The van der Waals surface area contributed by atoms with Crippen LogP contribution in [0.5, 0.6) is 0 Å². The summed E-state index contributed by atoms with van der Waals surface area (Å²) in [6, 6.07) is 20.5. The van der Waals surface area contributed by atoms with Crippen LogP contribution in [0.1, 0.15) is 30.9 Å². The van der Waals surface area contributed by atoms with Crippen molar-refractivity contribution in [2.75, 3.05) is 5.73 Å². The van der Waals surface area contributed by atoms with E-state index in [0.29, 0.717) is 11.5 Å². The van der Waals surface area contributed by atoms with E-state index in [1.54, 1.807) is 6.20 Å². The molecule has 3 aromatic rings. The Balaban J connectivity index is 2.25. The minimum absolute atomic E-state index is 0.264. The molecule has 0 aliphatic heterocycles. The molecule has 2 N–H and O–H groups in total. The smallest absolute Gasteiger partial charge is 0.141 e. The summed E-state index contributed by atoms with van der Waals surface area (Å²) in [7, 11) is 0. The molecule has 0 spiro atoms. The third-order valence-electron chi connectivity index (χ3n) is 4.17. The third kappa shape index (κ3) is 2.87. The number of anilines is 1. The summed E-state index contributed by atoms with van der Waals surface area (Å²) in [6.07, 6.45) is 1.75. The third-order valence-corrected chi connectivity index (χ3v) is 4.17. The van der Waals surface area contributed by atoms with Crippen molar-refractivity contribution in [3.8, 4) is 28.3 Å². The lowest BCUT2D eigenvalue weighted by Gasteiger charge is -2.14. The van der Waals surface area contributed by atoms with Crippen LogP contribution in [0.15, 0.2) is 60.8 Å². The van der Waals surface area contributed by atoms with Gasteiger partial charge in [-0.05, 0) is 22.6 Å². The Morgan fingerprint density at radius 2 is 1.62 bits per heavy atom. The fourth-order valence-corrected chi connectivity index (χ4v) is 2.81. The molecule has 118 valence electrons. The van der Waals surface area contributed by atoms with Crippen LogP contribution < -0.4 is 5.73 Å². The van der Waals surface area contributed by atoms with Crippen molar-refractivity contribution in [2.24, 2.45) is 0 Å². The summed E-state index contributed by atoms with van der Waals surface area (Å²) in [5.74, 6) is 0.728. The van der Waals surface area contributed by atoms with Crippen LogP contribution in [-0.2, 0) is 0 Å². The molecule has 24 heavy (non-hydrogen) atoms. The second-order valence-electron chi connectivity index (χ2n) is 6.06. The average Bonchev–Trinajstić information content (AvgIpc) is 2.62. The summed E-state index contributed by atoms with van der Waals surface area (Å²) >= 11 is 0. The Hall–Kier alpha value is -3.12. The Labute approximate surface area is 142 Å². The van der Waals surface area contributed by atoms with E-state index in [1.807, 2.05) is 30.3 Å². The van der Waals surface area contributed by atoms with E-state index in [2.05, 4.69) is 49.2 Å². The summed E-state index contributed by atoms with van der Waals surface area (Å²) in [5, 5.41) is 9.60. The molecular formula is C21H19N3. The van der Waals surface area contributed by atoms with Gasteiger partial charge in [-0.15, -0.1) is 0 Å². The first-order valence-electron chi connectivity index (χ1n) is 7.96. The molecule has 3 nitrogen and oxygen atoms in total. The molecule has 0 saturated carbocycles. The molecule has 1 heterocycles. The number of nitrogens with two attached hydrogens (primary N) is 1. The first-order chi connectivity index (χ1) is 11.6. The maximum Gasteiger partial charge on any atom is 0.141 e. The molecule has 0 amide bonds. The van der Waals surface area contributed by atoms with Crippen LogP contribution in [0.25, 0.3) is 22.3 Å². The van der Waals surface area contributed by atoms with Crippen molar-refractivity contribution in [3.63, 3.8) is 0 Å². The van der Waals surface area contributed by atoms with Gasteiger partial charge in [0.15, 0.2) is 0 Å². The first kappa shape index (κ1) is 15.8. The topological polar surface area (TPSA) is 62.7 Å².